The Hall–Kier alpha value is -1.36. The maximum Gasteiger partial charge on any atom is 0.327 e. The lowest BCUT2D eigenvalue weighted by molar-refractivity contribution is -0.115. The molecule has 0 aromatic heterocycles. The van der Waals surface area contributed by atoms with Gasteiger partial charge in [0.15, 0.2) is 0 Å². The van der Waals surface area contributed by atoms with Crippen LogP contribution in [0.4, 0.5) is 4.79 Å². The molecule has 0 saturated heterocycles. The standard InChI is InChI=1S/C11H19N3O2/c1-9(10-3-4-10)7-13-11(16)14(8-15)6-2-5-12/h7-8,10H,2-6,12H2,1H3,(H,13,16)/b9-7+. The first-order valence-corrected chi connectivity index (χ1v) is 5.58. The molecule has 1 aliphatic carbocycles. The zero-order chi connectivity index (χ0) is 12.0. The van der Waals surface area contributed by atoms with Crippen molar-refractivity contribution in [3.63, 3.8) is 0 Å². The van der Waals surface area contributed by atoms with Crippen molar-refractivity contribution < 1.29 is 9.59 Å². The van der Waals surface area contributed by atoms with Crippen LogP contribution < -0.4 is 11.1 Å². The Labute approximate surface area is 95.7 Å². The highest BCUT2D eigenvalue weighted by atomic mass is 16.2. The largest absolute Gasteiger partial charge is 0.330 e. The first-order chi connectivity index (χ1) is 7.69. The number of nitrogens with one attached hydrogen (secondary N) is 1. The van der Waals surface area contributed by atoms with E-state index in [4.69, 9.17) is 5.73 Å². The van der Waals surface area contributed by atoms with E-state index in [1.165, 1.54) is 12.8 Å². The second-order valence-electron chi connectivity index (χ2n) is 4.05. The van der Waals surface area contributed by atoms with E-state index in [1.807, 2.05) is 6.92 Å². The third-order valence-electron chi connectivity index (χ3n) is 2.64. The minimum Gasteiger partial charge on any atom is -0.330 e. The fourth-order valence-corrected chi connectivity index (χ4v) is 1.38. The summed E-state index contributed by atoms with van der Waals surface area (Å²) in [6, 6.07) is -0.386. The fourth-order valence-electron chi connectivity index (χ4n) is 1.38. The maximum absolute atomic E-state index is 11.5. The van der Waals surface area contributed by atoms with Crippen molar-refractivity contribution in [2.24, 2.45) is 11.7 Å². The van der Waals surface area contributed by atoms with E-state index < -0.39 is 0 Å². The molecule has 0 aliphatic heterocycles. The Morgan fingerprint density at radius 2 is 2.25 bits per heavy atom. The summed E-state index contributed by atoms with van der Waals surface area (Å²) in [5, 5.41) is 2.62. The second-order valence-corrected chi connectivity index (χ2v) is 4.05. The molecule has 5 heteroatoms. The quantitative estimate of drug-likeness (QED) is 0.657. The lowest BCUT2D eigenvalue weighted by Crippen LogP contribution is -2.38. The van der Waals surface area contributed by atoms with Crippen molar-refractivity contribution in [2.45, 2.75) is 26.2 Å². The highest BCUT2D eigenvalue weighted by molar-refractivity contribution is 5.85. The van der Waals surface area contributed by atoms with Gasteiger partial charge in [0.05, 0.1) is 0 Å². The van der Waals surface area contributed by atoms with E-state index in [0.29, 0.717) is 31.8 Å². The summed E-state index contributed by atoms with van der Waals surface area (Å²) in [5.41, 5.74) is 6.48. The van der Waals surface area contributed by atoms with Gasteiger partial charge in [-0.15, -0.1) is 0 Å². The summed E-state index contributed by atoms with van der Waals surface area (Å²) in [5.74, 6) is 0.619. The van der Waals surface area contributed by atoms with Crippen LogP contribution in [0.3, 0.4) is 0 Å². The van der Waals surface area contributed by atoms with Crippen LogP contribution in [0.15, 0.2) is 11.8 Å². The number of urea groups is 1. The highest BCUT2D eigenvalue weighted by Gasteiger charge is 2.23. The monoisotopic (exact) mass is 225 g/mol. The number of imide groups is 1. The van der Waals surface area contributed by atoms with Crippen LogP contribution >= 0.6 is 0 Å². The molecule has 90 valence electrons. The number of allylic oxidation sites excluding steroid dienone is 1. The Kier molecular flexibility index (Phi) is 4.98. The molecule has 0 aromatic rings. The predicted octanol–water partition coefficient (Wildman–Crippen LogP) is 0.817. The van der Waals surface area contributed by atoms with Gasteiger partial charge in [0.1, 0.15) is 0 Å². The summed E-state index contributed by atoms with van der Waals surface area (Å²) in [7, 11) is 0. The van der Waals surface area contributed by atoms with Gasteiger partial charge in [0.25, 0.3) is 0 Å². The van der Waals surface area contributed by atoms with Gasteiger partial charge in [-0.25, -0.2) is 4.79 Å². The number of carbonyl (C=O) groups excluding carboxylic acids is 2. The van der Waals surface area contributed by atoms with Crippen LogP contribution in [0.5, 0.6) is 0 Å². The van der Waals surface area contributed by atoms with Gasteiger partial charge in [0.2, 0.25) is 6.41 Å². The van der Waals surface area contributed by atoms with Crippen LogP contribution in [0.2, 0.25) is 0 Å². The van der Waals surface area contributed by atoms with Crippen LogP contribution in [0.1, 0.15) is 26.2 Å². The Morgan fingerprint density at radius 1 is 1.56 bits per heavy atom. The molecule has 0 atom stereocenters. The number of nitrogens with two attached hydrogens (primary N) is 1. The summed E-state index contributed by atoms with van der Waals surface area (Å²) < 4.78 is 0. The van der Waals surface area contributed by atoms with E-state index in [1.54, 1.807) is 6.20 Å². The van der Waals surface area contributed by atoms with Gasteiger partial charge in [-0.3, -0.25) is 9.69 Å². The smallest absolute Gasteiger partial charge is 0.327 e. The first kappa shape index (κ1) is 12.7. The van der Waals surface area contributed by atoms with E-state index in [2.05, 4.69) is 5.32 Å². The van der Waals surface area contributed by atoms with E-state index in [9.17, 15) is 9.59 Å². The molecule has 5 nitrogen and oxygen atoms in total. The van der Waals surface area contributed by atoms with E-state index in [0.717, 1.165) is 10.5 Å². The highest BCUT2D eigenvalue weighted by Crippen LogP contribution is 2.35. The van der Waals surface area contributed by atoms with Crippen molar-refractivity contribution in [1.29, 1.82) is 0 Å². The number of hydrogen-bond donors (Lipinski definition) is 2. The number of carbonyl (C=O) groups is 2. The summed E-state index contributed by atoms with van der Waals surface area (Å²) >= 11 is 0. The third-order valence-corrected chi connectivity index (χ3v) is 2.64. The minimum absolute atomic E-state index is 0.363. The Morgan fingerprint density at radius 3 is 2.75 bits per heavy atom. The average molecular weight is 225 g/mol. The average Bonchev–Trinajstić information content (AvgIpc) is 3.10. The molecule has 1 aliphatic rings. The molecule has 0 aromatic carbocycles. The minimum atomic E-state index is -0.386. The molecule has 0 heterocycles. The van der Waals surface area contributed by atoms with Crippen molar-refractivity contribution >= 4 is 12.4 Å². The molecule has 0 spiro atoms. The van der Waals surface area contributed by atoms with Crippen molar-refractivity contribution in [2.75, 3.05) is 13.1 Å². The topological polar surface area (TPSA) is 75.4 Å². The number of nitrogens with zero attached hydrogens (tertiary/aromatic N) is 1. The molecule has 16 heavy (non-hydrogen) atoms. The zero-order valence-electron chi connectivity index (χ0n) is 9.61. The van der Waals surface area contributed by atoms with Crippen LogP contribution in [-0.2, 0) is 4.79 Å². The van der Waals surface area contributed by atoms with Gasteiger partial charge in [-0.05, 0) is 38.6 Å². The SMILES string of the molecule is C/C(=C\NC(=O)N(C=O)CCCN)C1CC1. The normalized spacial score (nSPS) is 15.8. The molecule has 3 N–H and O–H groups in total. The fraction of sp³-hybridized carbons (Fsp3) is 0.636. The summed E-state index contributed by atoms with van der Waals surface area (Å²) in [6.07, 6.45) is 5.24. The molecule has 3 amide bonds. The summed E-state index contributed by atoms with van der Waals surface area (Å²) in [6.45, 7) is 2.82. The van der Waals surface area contributed by atoms with Crippen molar-refractivity contribution in [3.05, 3.63) is 11.8 Å². The molecule has 1 saturated carbocycles. The van der Waals surface area contributed by atoms with Crippen LogP contribution in [-0.4, -0.2) is 30.4 Å². The molecule has 0 radical (unpaired) electrons. The Balaban J connectivity index is 2.36. The van der Waals surface area contributed by atoms with Gasteiger partial charge in [-0.1, -0.05) is 5.57 Å². The van der Waals surface area contributed by atoms with E-state index in [-0.39, 0.29) is 6.03 Å². The number of rotatable bonds is 6. The lowest BCUT2D eigenvalue weighted by atomic mass is 10.2. The molecule has 1 rings (SSSR count). The van der Waals surface area contributed by atoms with Gasteiger partial charge in [0, 0.05) is 12.7 Å². The number of amides is 3. The first-order valence-electron chi connectivity index (χ1n) is 5.58. The lowest BCUT2D eigenvalue weighted by Gasteiger charge is -2.14. The van der Waals surface area contributed by atoms with Crippen LogP contribution in [0, 0.1) is 5.92 Å². The predicted molar refractivity (Wildman–Crippen MR) is 61.5 cm³/mol. The van der Waals surface area contributed by atoms with Crippen molar-refractivity contribution in [1.82, 2.24) is 10.2 Å². The second kappa shape index (κ2) is 6.27. The Bertz CT molecular complexity index is 285. The molecular weight excluding hydrogens is 206 g/mol. The van der Waals surface area contributed by atoms with Gasteiger partial charge >= 0.3 is 6.03 Å². The zero-order valence-corrected chi connectivity index (χ0v) is 9.61. The van der Waals surface area contributed by atoms with Crippen LogP contribution in [0.25, 0.3) is 0 Å². The third kappa shape index (κ3) is 4.02. The molecule has 0 unspecified atom stereocenters. The van der Waals surface area contributed by atoms with Gasteiger partial charge < -0.3 is 11.1 Å². The molecular formula is C11H19N3O2. The molecule has 0 bridgehead atoms. The molecule has 1 fully saturated rings. The van der Waals surface area contributed by atoms with Gasteiger partial charge in [-0.2, -0.15) is 0 Å². The number of hydrogen-bond acceptors (Lipinski definition) is 3. The maximum atomic E-state index is 11.5. The van der Waals surface area contributed by atoms with E-state index >= 15 is 0 Å². The van der Waals surface area contributed by atoms with Crippen molar-refractivity contribution in [3.8, 4) is 0 Å². The summed E-state index contributed by atoms with van der Waals surface area (Å²) in [4.78, 5) is 23.3.